The number of hydrogen-bond donors (Lipinski definition) is 1. The Hall–Kier alpha value is -0.770. The smallest absolute Gasteiger partial charge is 0.407 e. The molecule has 2 rings (SSSR count). The van der Waals surface area contributed by atoms with Crippen LogP contribution in [0.2, 0.25) is 0 Å². The lowest BCUT2D eigenvalue weighted by atomic mass is 9.81. The lowest BCUT2D eigenvalue weighted by molar-refractivity contribution is 0.135. The second kappa shape index (κ2) is 6.41. The Kier molecular flexibility index (Phi) is 4.87. The average Bonchev–Trinajstić information content (AvgIpc) is 2.84. The molecule has 0 unspecified atom stereocenters. The van der Waals surface area contributed by atoms with E-state index in [1.807, 2.05) is 0 Å². The number of carboxylic acid groups (broad SMARTS) is 1. The molecule has 2 fully saturated rings. The van der Waals surface area contributed by atoms with E-state index >= 15 is 0 Å². The molecular weight excluding hydrogens is 228 g/mol. The molecule has 1 saturated carbocycles. The largest absolute Gasteiger partial charge is 0.465 e. The highest BCUT2D eigenvalue weighted by Crippen LogP contribution is 2.30. The SMILES string of the molecule is CN(CC1CCC(CN2CCCC2)CC1)C(=O)O. The van der Waals surface area contributed by atoms with Crippen molar-refractivity contribution in [2.75, 3.05) is 33.2 Å². The van der Waals surface area contributed by atoms with Gasteiger partial charge in [-0.3, -0.25) is 0 Å². The Labute approximate surface area is 110 Å². The van der Waals surface area contributed by atoms with Crippen molar-refractivity contribution in [3.05, 3.63) is 0 Å². The summed E-state index contributed by atoms with van der Waals surface area (Å²) in [6, 6.07) is 0. The lowest BCUT2D eigenvalue weighted by Crippen LogP contribution is -2.34. The van der Waals surface area contributed by atoms with Gasteiger partial charge in [0.2, 0.25) is 0 Å². The van der Waals surface area contributed by atoms with Crippen LogP contribution in [0.5, 0.6) is 0 Å². The zero-order chi connectivity index (χ0) is 13.0. The van der Waals surface area contributed by atoms with Crippen molar-refractivity contribution < 1.29 is 9.90 Å². The molecular formula is C14H26N2O2. The van der Waals surface area contributed by atoms with Crippen molar-refractivity contribution in [1.82, 2.24) is 9.80 Å². The van der Waals surface area contributed by atoms with Gasteiger partial charge in [0, 0.05) is 20.1 Å². The van der Waals surface area contributed by atoms with Crippen LogP contribution in [0.1, 0.15) is 38.5 Å². The van der Waals surface area contributed by atoms with Crippen LogP contribution in [0.3, 0.4) is 0 Å². The van der Waals surface area contributed by atoms with Gasteiger partial charge in [-0.05, 0) is 63.5 Å². The molecule has 0 spiro atoms. The Bertz CT molecular complexity index is 269. The Balaban J connectivity index is 1.66. The average molecular weight is 254 g/mol. The summed E-state index contributed by atoms with van der Waals surface area (Å²) in [5.41, 5.74) is 0. The monoisotopic (exact) mass is 254 g/mol. The summed E-state index contributed by atoms with van der Waals surface area (Å²) in [7, 11) is 1.68. The van der Waals surface area contributed by atoms with E-state index in [-0.39, 0.29) is 0 Å². The van der Waals surface area contributed by atoms with Crippen molar-refractivity contribution in [1.29, 1.82) is 0 Å². The third-order valence-electron chi connectivity index (χ3n) is 4.54. The number of nitrogens with zero attached hydrogens (tertiary/aromatic N) is 2. The van der Waals surface area contributed by atoms with Crippen LogP contribution in [0.25, 0.3) is 0 Å². The molecule has 18 heavy (non-hydrogen) atoms. The second-order valence-electron chi connectivity index (χ2n) is 6.06. The zero-order valence-electron chi connectivity index (χ0n) is 11.5. The highest BCUT2D eigenvalue weighted by molar-refractivity contribution is 5.64. The van der Waals surface area contributed by atoms with Crippen LogP contribution < -0.4 is 0 Å². The number of amides is 1. The van der Waals surface area contributed by atoms with E-state index in [0.717, 1.165) is 5.92 Å². The third-order valence-corrected chi connectivity index (χ3v) is 4.54. The summed E-state index contributed by atoms with van der Waals surface area (Å²) in [5.74, 6) is 1.44. The van der Waals surface area contributed by atoms with Crippen molar-refractivity contribution in [2.45, 2.75) is 38.5 Å². The summed E-state index contributed by atoms with van der Waals surface area (Å²) in [6.07, 6.45) is 6.93. The molecule has 2 aliphatic rings. The third kappa shape index (κ3) is 3.87. The lowest BCUT2D eigenvalue weighted by Gasteiger charge is -2.32. The fraction of sp³-hybridized carbons (Fsp3) is 0.929. The minimum atomic E-state index is -0.797. The molecule has 1 saturated heterocycles. The van der Waals surface area contributed by atoms with Crippen LogP contribution in [0.15, 0.2) is 0 Å². The highest BCUT2D eigenvalue weighted by atomic mass is 16.4. The van der Waals surface area contributed by atoms with E-state index in [4.69, 9.17) is 5.11 Å². The zero-order valence-corrected chi connectivity index (χ0v) is 11.5. The number of hydrogen-bond acceptors (Lipinski definition) is 2. The molecule has 0 atom stereocenters. The Morgan fingerprint density at radius 3 is 2.28 bits per heavy atom. The fourth-order valence-electron chi connectivity index (χ4n) is 3.39. The second-order valence-corrected chi connectivity index (χ2v) is 6.06. The molecule has 1 heterocycles. The molecule has 1 amide bonds. The molecule has 0 aromatic carbocycles. The molecule has 4 nitrogen and oxygen atoms in total. The van der Waals surface area contributed by atoms with Crippen LogP contribution in [-0.2, 0) is 0 Å². The van der Waals surface area contributed by atoms with Gasteiger partial charge >= 0.3 is 6.09 Å². The van der Waals surface area contributed by atoms with Crippen LogP contribution in [-0.4, -0.2) is 54.2 Å². The van der Waals surface area contributed by atoms with E-state index in [1.165, 1.54) is 63.1 Å². The van der Waals surface area contributed by atoms with E-state index in [1.54, 1.807) is 7.05 Å². The maximum absolute atomic E-state index is 10.8. The summed E-state index contributed by atoms with van der Waals surface area (Å²) in [4.78, 5) is 14.8. The Morgan fingerprint density at radius 2 is 1.72 bits per heavy atom. The predicted octanol–water partition coefficient (Wildman–Crippen LogP) is 2.50. The number of rotatable bonds is 4. The summed E-state index contributed by atoms with van der Waals surface area (Å²) in [6.45, 7) is 4.58. The van der Waals surface area contributed by atoms with E-state index in [2.05, 4.69) is 4.90 Å². The summed E-state index contributed by atoms with van der Waals surface area (Å²) < 4.78 is 0. The van der Waals surface area contributed by atoms with Crippen LogP contribution in [0, 0.1) is 11.8 Å². The molecule has 4 heteroatoms. The minimum Gasteiger partial charge on any atom is -0.465 e. The molecule has 1 N–H and O–H groups in total. The van der Waals surface area contributed by atoms with Crippen molar-refractivity contribution in [2.24, 2.45) is 11.8 Å². The number of likely N-dealkylation sites (tertiary alicyclic amines) is 1. The van der Waals surface area contributed by atoms with Crippen LogP contribution >= 0.6 is 0 Å². The standard InChI is InChI=1S/C14H26N2O2/c1-15(14(17)18)10-12-4-6-13(7-5-12)11-16-8-2-3-9-16/h12-13H,2-11H2,1H3,(H,17,18). The maximum Gasteiger partial charge on any atom is 0.407 e. The van der Waals surface area contributed by atoms with Gasteiger partial charge in [0.05, 0.1) is 0 Å². The van der Waals surface area contributed by atoms with Gasteiger partial charge in [0.15, 0.2) is 0 Å². The minimum absolute atomic E-state index is 0.584. The van der Waals surface area contributed by atoms with Gasteiger partial charge in [0.25, 0.3) is 0 Å². The molecule has 104 valence electrons. The normalized spacial score (nSPS) is 29.4. The van der Waals surface area contributed by atoms with E-state index < -0.39 is 6.09 Å². The van der Waals surface area contributed by atoms with Gasteiger partial charge in [-0.1, -0.05) is 0 Å². The van der Waals surface area contributed by atoms with Gasteiger partial charge in [-0.15, -0.1) is 0 Å². The van der Waals surface area contributed by atoms with Gasteiger partial charge in [-0.2, -0.15) is 0 Å². The highest BCUT2D eigenvalue weighted by Gasteiger charge is 2.25. The molecule has 0 aromatic heterocycles. The maximum atomic E-state index is 10.8. The first-order valence-electron chi connectivity index (χ1n) is 7.31. The van der Waals surface area contributed by atoms with E-state index in [9.17, 15) is 4.79 Å². The van der Waals surface area contributed by atoms with Crippen molar-refractivity contribution >= 4 is 6.09 Å². The van der Waals surface area contributed by atoms with Gasteiger partial charge in [0.1, 0.15) is 0 Å². The predicted molar refractivity (Wildman–Crippen MR) is 71.8 cm³/mol. The molecule has 1 aliphatic heterocycles. The molecule has 0 aromatic rings. The van der Waals surface area contributed by atoms with E-state index in [0.29, 0.717) is 12.5 Å². The number of carbonyl (C=O) groups is 1. The van der Waals surface area contributed by atoms with Crippen molar-refractivity contribution in [3.63, 3.8) is 0 Å². The fourth-order valence-corrected chi connectivity index (χ4v) is 3.39. The summed E-state index contributed by atoms with van der Waals surface area (Å²) >= 11 is 0. The first kappa shape index (κ1) is 13.7. The van der Waals surface area contributed by atoms with Gasteiger partial charge < -0.3 is 14.9 Å². The first-order valence-corrected chi connectivity index (χ1v) is 7.31. The molecule has 1 aliphatic carbocycles. The van der Waals surface area contributed by atoms with Crippen LogP contribution in [0.4, 0.5) is 4.79 Å². The summed E-state index contributed by atoms with van der Waals surface area (Å²) in [5, 5.41) is 8.87. The Morgan fingerprint density at radius 1 is 1.17 bits per heavy atom. The molecule has 0 bridgehead atoms. The molecule has 0 radical (unpaired) electrons. The van der Waals surface area contributed by atoms with Gasteiger partial charge in [-0.25, -0.2) is 4.79 Å². The topological polar surface area (TPSA) is 43.8 Å². The quantitative estimate of drug-likeness (QED) is 0.838. The van der Waals surface area contributed by atoms with Crippen molar-refractivity contribution in [3.8, 4) is 0 Å². The first-order chi connectivity index (χ1) is 8.65.